The molecule has 0 saturated heterocycles. The lowest BCUT2D eigenvalue weighted by Gasteiger charge is -1.96. The summed E-state index contributed by atoms with van der Waals surface area (Å²) in [6, 6.07) is 0. The van der Waals surface area contributed by atoms with Gasteiger partial charge < -0.3 is 10.0 Å². The Morgan fingerprint density at radius 2 is 2.55 bits per heavy atom. The molecule has 0 aliphatic carbocycles. The molecule has 0 atom stereocenters. The highest BCUT2D eigenvalue weighted by molar-refractivity contribution is 7.09. The van der Waals surface area contributed by atoms with Crippen LogP contribution in [0.2, 0.25) is 5.02 Å². The van der Waals surface area contributed by atoms with Crippen molar-refractivity contribution in [3.05, 3.63) is 15.5 Å². The lowest BCUT2D eigenvalue weighted by Crippen LogP contribution is -2.07. The summed E-state index contributed by atoms with van der Waals surface area (Å²) in [5.41, 5.74) is 0.156. The Morgan fingerprint density at radius 3 is 3.00 bits per heavy atom. The van der Waals surface area contributed by atoms with Gasteiger partial charge in [0.25, 0.3) is 0 Å². The van der Waals surface area contributed by atoms with E-state index >= 15 is 0 Å². The molecule has 1 N–H and O–H groups in total. The van der Waals surface area contributed by atoms with Gasteiger partial charge >= 0.3 is 7.41 Å². The Bertz CT molecular complexity index is 247. The van der Waals surface area contributed by atoms with Crippen molar-refractivity contribution < 1.29 is 9.18 Å². The molecular formula is C5H3BClFNOS. The summed E-state index contributed by atoms with van der Waals surface area (Å²) in [6.07, 6.45) is 0.521. The molecule has 1 rings (SSSR count). The van der Waals surface area contributed by atoms with Crippen molar-refractivity contribution in [3.63, 3.8) is 0 Å². The van der Waals surface area contributed by atoms with Gasteiger partial charge in [-0.1, -0.05) is 11.6 Å². The van der Waals surface area contributed by atoms with Gasteiger partial charge in [-0.15, -0.1) is 11.3 Å². The van der Waals surface area contributed by atoms with Crippen LogP contribution in [0.4, 0.5) is 10.1 Å². The Hall–Kier alpha value is -0.545. The molecule has 2 nitrogen and oxygen atoms in total. The Labute approximate surface area is 72.6 Å². The SMILES string of the molecule is O=C[B]Nc1c(Cl)csc1F. The van der Waals surface area contributed by atoms with E-state index in [1.54, 1.807) is 0 Å². The number of halogens is 2. The van der Waals surface area contributed by atoms with E-state index in [-0.39, 0.29) is 10.7 Å². The maximum Gasteiger partial charge on any atom is 0.326 e. The maximum atomic E-state index is 12.7. The molecule has 1 aromatic rings. The molecule has 0 aromatic carbocycles. The topological polar surface area (TPSA) is 29.1 Å². The molecule has 0 aliphatic heterocycles. The molecule has 1 aromatic heterocycles. The Morgan fingerprint density at radius 1 is 1.82 bits per heavy atom. The number of nitrogens with one attached hydrogen (secondary N) is 1. The second-order valence-electron chi connectivity index (χ2n) is 1.68. The van der Waals surface area contributed by atoms with E-state index in [0.29, 0.717) is 6.19 Å². The van der Waals surface area contributed by atoms with Crippen molar-refractivity contribution in [2.45, 2.75) is 0 Å². The standard InChI is InChI=1S/C5H3BClFNOS/c7-3-1-11-5(8)4(3)9-6-2-10/h1-2,9H. The van der Waals surface area contributed by atoms with Gasteiger partial charge in [0, 0.05) is 5.38 Å². The normalized spacial score (nSPS) is 9.27. The number of anilines is 1. The summed E-state index contributed by atoms with van der Waals surface area (Å²) in [5, 5.41) is 3.74. The molecule has 1 radical (unpaired) electrons. The van der Waals surface area contributed by atoms with Crippen LogP contribution in [0.25, 0.3) is 0 Å². The first kappa shape index (κ1) is 8.55. The second-order valence-corrected chi connectivity index (χ2v) is 2.92. The monoisotopic (exact) mass is 190 g/mol. The molecule has 57 valence electrons. The first-order valence-electron chi connectivity index (χ1n) is 2.71. The summed E-state index contributed by atoms with van der Waals surface area (Å²) in [4.78, 5) is 9.84. The lowest BCUT2D eigenvalue weighted by molar-refractivity contribution is 0.568. The maximum absolute atomic E-state index is 12.7. The van der Waals surface area contributed by atoms with Gasteiger partial charge in [0.05, 0.1) is 10.7 Å². The predicted molar refractivity (Wildman–Crippen MR) is 45.4 cm³/mol. The molecule has 6 heteroatoms. The Balaban J connectivity index is 2.74. The molecular weight excluding hydrogens is 187 g/mol. The van der Waals surface area contributed by atoms with Crippen molar-refractivity contribution in [3.8, 4) is 0 Å². The summed E-state index contributed by atoms with van der Waals surface area (Å²) in [5.74, 6) is 0. The fraction of sp³-hybridized carbons (Fsp3) is 0. The van der Waals surface area contributed by atoms with Crippen molar-refractivity contribution in [1.82, 2.24) is 0 Å². The van der Waals surface area contributed by atoms with Crippen LogP contribution < -0.4 is 5.23 Å². The van der Waals surface area contributed by atoms with Crippen LogP contribution in [0.1, 0.15) is 0 Å². The molecule has 0 amide bonds. The van der Waals surface area contributed by atoms with Crippen molar-refractivity contribution >= 4 is 42.2 Å². The van der Waals surface area contributed by atoms with Crippen LogP contribution >= 0.6 is 22.9 Å². The minimum Gasteiger partial charge on any atom is -0.421 e. The number of thiophene rings is 1. The summed E-state index contributed by atoms with van der Waals surface area (Å²) < 4.78 is 12.7. The third-order valence-corrected chi connectivity index (χ3v) is 2.19. The van der Waals surface area contributed by atoms with E-state index in [9.17, 15) is 9.18 Å². The van der Waals surface area contributed by atoms with E-state index in [1.807, 2.05) is 0 Å². The largest absolute Gasteiger partial charge is 0.421 e. The average molecular weight is 190 g/mol. The van der Waals surface area contributed by atoms with Crippen molar-refractivity contribution in [1.29, 1.82) is 0 Å². The van der Waals surface area contributed by atoms with Crippen LogP contribution in [0.3, 0.4) is 0 Å². The number of carbonyl (C=O) groups excluding carboxylic acids is 1. The zero-order valence-corrected chi connectivity index (χ0v) is 6.88. The average Bonchev–Trinajstić information content (AvgIpc) is 2.29. The van der Waals surface area contributed by atoms with Gasteiger partial charge in [0.2, 0.25) is 0 Å². The van der Waals surface area contributed by atoms with Gasteiger partial charge in [0.1, 0.15) is 6.19 Å². The Kier molecular flexibility index (Phi) is 2.90. The predicted octanol–water partition coefficient (Wildman–Crippen LogP) is 1.76. The highest BCUT2D eigenvalue weighted by Crippen LogP contribution is 2.29. The van der Waals surface area contributed by atoms with Crippen molar-refractivity contribution in [2.24, 2.45) is 0 Å². The van der Waals surface area contributed by atoms with Crippen LogP contribution in [0.15, 0.2) is 5.38 Å². The molecule has 0 aliphatic rings. The zero-order valence-electron chi connectivity index (χ0n) is 5.30. The number of hydrogen-bond acceptors (Lipinski definition) is 3. The molecule has 0 saturated carbocycles. The van der Waals surface area contributed by atoms with Crippen LogP contribution in [0, 0.1) is 5.13 Å². The number of rotatable bonds is 3. The smallest absolute Gasteiger partial charge is 0.326 e. The molecule has 11 heavy (non-hydrogen) atoms. The highest BCUT2D eigenvalue weighted by atomic mass is 35.5. The quantitative estimate of drug-likeness (QED) is 0.581. The lowest BCUT2D eigenvalue weighted by atomic mass is 9.99. The molecule has 0 spiro atoms. The van der Waals surface area contributed by atoms with E-state index in [2.05, 4.69) is 5.23 Å². The molecule has 1 heterocycles. The molecule has 0 unspecified atom stereocenters. The highest BCUT2D eigenvalue weighted by Gasteiger charge is 2.08. The summed E-state index contributed by atoms with van der Waals surface area (Å²) >= 11 is 6.44. The second kappa shape index (κ2) is 3.73. The third-order valence-electron chi connectivity index (χ3n) is 0.997. The van der Waals surface area contributed by atoms with Gasteiger partial charge in [-0.3, -0.25) is 0 Å². The van der Waals surface area contributed by atoms with Gasteiger partial charge in [-0.2, -0.15) is 4.39 Å². The van der Waals surface area contributed by atoms with Gasteiger partial charge in [0.15, 0.2) is 5.13 Å². The first-order valence-corrected chi connectivity index (χ1v) is 3.97. The fourth-order valence-corrected chi connectivity index (χ4v) is 1.50. The molecule has 0 bridgehead atoms. The van der Waals surface area contributed by atoms with Crippen LogP contribution in [0.5, 0.6) is 0 Å². The summed E-state index contributed by atoms with van der Waals surface area (Å²) in [7, 11) is 1.08. The minimum absolute atomic E-state index is 0.156. The third kappa shape index (κ3) is 1.94. The first-order chi connectivity index (χ1) is 5.25. The summed E-state index contributed by atoms with van der Waals surface area (Å²) in [6.45, 7) is 0. The van der Waals surface area contributed by atoms with E-state index in [1.165, 1.54) is 5.38 Å². The molecule has 0 fully saturated rings. The number of hydrogen-bond donors (Lipinski definition) is 1. The van der Waals surface area contributed by atoms with E-state index < -0.39 is 5.13 Å². The minimum atomic E-state index is -0.423. The van der Waals surface area contributed by atoms with E-state index in [4.69, 9.17) is 11.6 Å². The van der Waals surface area contributed by atoms with Gasteiger partial charge in [-0.25, -0.2) is 0 Å². The van der Waals surface area contributed by atoms with Crippen LogP contribution in [-0.4, -0.2) is 13.6 Å². The van der Waals surface area contributed by atoms with E-state index in [0.717, 1.165) is 18.8 Å². The number of carbonyl (C=O) groups is 1. The zero-order chi connectivity index (χ0) is 8.27. The fourth-order valence-electron chi connectivity index (χ4n) is 0.558. The van der Waals surface area contributed by atoms with Gasteiger partial charge in [-0.05, 0) is 0 Å². The van der Waals surface area contributed by atoms with Crippen molar-refractivity contribution in [2.75, 3.05) is 5.23 Å². The van der Waals surface area contributed by atoms with Crippen LogP contribution in [-0.2, 0) is 4.79 Å².